The minimum atomic E-state index is -0.695. The van der Waals surface area contributed by atoms with Crippen molar-refractivity contribution in [1.82, 2.24) is 15.0 Å². The first-order chi connectivity index (χ1) is 19.1. The number of amides is 1. The van der Waals surface area contributed by atoms with E-state index >= 15 is 0 Å². The van der Waals surface area contributed by atoms with Crippen molar-refractivity contribution in [3.63, 3.8) is 0 Å². The molecular formula is C30H27Cl2FN4O2S. The molecule has 0 fully saturated rings. The van der Waals surface area contributed by atoms with Crippen molar-refractivity contribution in [3.8, 4) is 22.4 Å². The lowest BCUT2D eigenvalue weighted by Crippen LogP contribution is -2.41. The summed E-state index contributed by atoms with van der Waals surface area (Å²) in [5, 5.41) is 3.90. The summed E-state index contributed by atoms with van der Waals surface area (Å²) in [6.45, 7) is 5.50. The summed E-state index contributed by atoms with van der Waals surface area (Å²) in [5.74, 6) is -0.217. The van der Waals surface area contributed by atoms with Crippen molar-refractivity contribution in [2.24, 2.45) is 4.99 Å². The molecule has 40 heavy (non-hydrogen) atoms. The van der Waals surface area contributed by atoms with Crippen molar-refractivity contribution in [1.29, 1.82) is 0 Å². The second kappa shape index (κ2) is 13.2. The number of pyridine rings is 1. The van der Waals surface area contributed by atoms with Crippen LogP contribution in [0.15, 0.2) is 94.9 Å². The molecule has 0 aliphatic heterocycles. The van der Waals surface area contributed by atoms with Crippen LogP contribution in [0.3, 0.4) is 0 Å². The van der Waals surface area contributed by atoms with Gasteiger partial charge in [0.1, 0.15) is 11.4 Å². The van der Waals surface area contributed by atoms with Gasteiger partial charge in [0.15, 0.2) is 0 Å². The Balaban J connectivity index is 1.63. The fraction of sp³-hybridized carbons (Fsp3) is 0.167. The molecule has 0 saturated carbocycles. The molecule has 0 bridgehead atoms. The van der Waals surface area contributed by atoms with E-state index in [0.29, 0.717) is 14.9 Å². The van der Waals surface area contributed by atoms with E-state index in [9.17, 15) is 9.18 Å². The Morgan fingerprint density at radius 2 is 1.62 bits per heavy atom. The lowest BCUT2D eigenvalue weighted by Gasteiger charge is -2.20. The molecule has 4 rings (SSSR count). The van der Waals surface area contributed by atoms with Crippen LogP contribution in [0, 0.1) is 5.82 Å². The van der Waals surface area contributed by atoms with E-state index in [1.54, 1.807) is 39.1 Å². The maximum Gasteiger partial charge on any atom is 0.414 e. The number of hydrogen-bond donors (Lipinski definition) is 2. The van der Waals surface area contributed by atoms with Crippen LogP contribution >= 0.6 is 35.1 Å². The van der Waals surface area contributed by atoms with Crippen molar-refractivity contribution in [3.05, 3.63) is 106 Å². The Hall–Kier alpha value is -3.59. The molecule has 1 heterocycles. The maximum absolute atomic E-state index is 13.6. The van der Waals surface area contributed by atoms with Crippen molar-refractivity contribution in [2.45, 2.75) is 37.8 Å². The Kier molecular flexibility index (Phi) is 9.68. The number of carbonyl (C=O) groups excluding carboxylic acids is 1. The van der Waals surface area contributed by atoms with Crippen molar-refractivity contribution >= 4 is 47.2 Å². The van der Waals surface area contributed by atoms with Gasteiger partial charge >= 0.3 is 6.09 Å². The highest BCUT2D eigenvalue weighted by molar-refractivity contribution is 7.98. The number of rotatable bonds is 6. The maximum atomic E-state index is 13.6. The first kappa shape index (κ1) is 29.4. The van der Waals surface area contributed by atoms with E-state index in [0.717, 1.165) is 39.9 Å². The summed E-state index contributed by atoms with van der Waals surface area (Å²) in [6, 6.07) is 23.0. The van der Waals surface area contributed by atoms with E-state index in [-0.39, 0.29) is 18.3 Å². The molecule has 0 saturated heterocycles. The molecule has 1 aromatic heterocycles. The first-order valence-corrected chi connectivity index (χ1v) is 13.9. The molecule has 0 radical (unpaired) electrons. The third-order valence-corrected chi connectivity index (χ3v) is 6.61. The highest BCUT2D eigenvalue weighted by atomic mass is 35.5. The van der Waals surface area contributed by atoms with Gasteiger partial charge in [-0.1, -0.05) is 53.5 Å². The quantitative estimate of drug-likeness (QED) is 0.132. The molecule has 0 unspecified atom stereocenters. The Labute approximate surface area is 247 Å². The smallest absolute Gasteiger partial charge is 0.414 e. The molecule has 6 nitrogen and oxygen atoms in total. The highest BCUT2D eigenvalue weighted by Gasteiger charge is 2.18. The van der Waals surface area contributed by atoms with E-state index in [4.69, 9.17) is 32.9 Å². The van der Waals surface area contributed by atoms with Gasteiger partial charge in [0.25, 0.3) is 0 Å². The van der Waals surface area contributed by atoms with Crippen molar-refractivity contribution in [2.75, 3.05) is 0 Å². The molecule has 0 aliphatic carbocycles. The van der Waals surface area contributed by atoms with Crippen LogP contribution in [0.5, 0.6) is 0 Å². The van der Waals surface area contributed by atoms with Crippen LogP contribution in [0.25, 0.3) is 22.4 Å². The number of carbonyl (C=O) groups is 1. The average molecular weight is 598 g/mol. The predicted molar refractivity (Wildman–Crippen MR) is 161 cm³/mol. The van der Waals surface area contributed by atoms with E-state index in [2.05, 4.69) is 15.0 Å². The summed E-state index contributed by atoms with van der Waals surface area (Å²) in [6.07, 6.45) is 1.06. The number of nitrogens with one attached hydrogen (secondary N) is 2. The van der Waals surface area contributed by atoms with Gasteiger partial charge in [0, 0.05) is 32.3 Å². The van der Waals surface area contributed by atoms with E-state index < -0.39 is 11.7 Å². The Bertz CT molecular complexity index is 1510. The van der Waals surface area contributed by atoms with Gasteiger partial charge in [-0.2, -0.15) is 0 Å². The Morgan fingerprint density at radius 3 is 2.25 bits per heavy atom. The van der Waals surface area contributed by atoms with Gasteiger partial charge in [-0.15, -0.1) is 0 Å². The zero-order chi connectivity index (χ0) is 28.7. The third-order valence-electron chi connectivity index (χ3n) is 5.32. The number of aromatic nitrogens is 1. The molecule has 1 amide bonds. The second-order valence-electron chi connectivity index (χ2n) is 9.71. The SMILES string of the molecule is CC(C)(C)OC(=O)NC(=NCc1cnc(-c2ccc(Cl)cc2)c(-c2ccc(Cl)cc2)c1)NSc1cccc(F)c1. The zero-order valence-corrected chi connectivity index (χ0v) is 24.4. The lowest BCUT2D eigenvalue weighted by atomic mass is 9.98. The number of nitrogens with zero attached hydrogens (tertiary/aromatic N) is 2. The molecule has 10 heteroatoms. The number of aliphatic imine (C=N–C) groups is 1. The van der Waals surface area contributed by atoms with E-state index in [1.807, 2.05) is 54.6 Å². The monoisotopic (exact) mass is 596 g/mol. The number of benzene rings is 3. The summed E-state index contributed by atoms with van der Waals surface area (Å²) in [5.41, 5.74) is 3.60. The third kappa shape index (κ3) is 8.71. The zero-order valence-electron chi connectivity index (χ0n) is 22.0. The normalized spacial score (nSPS) is 11.7. The minimum absolute atomic E-state index is 0.151. The number of halogens is 3. The summed E-state index contributed by atoms with van der Waals surface area (Å²) in [7, 11) is 0. The number of ether oxygens (including phenoxy) is 1. The summed E-state index contributed by atoms with van der Waals surface area (Å²) in [4.78, 5) is 22.4. The fourth-order valence-corrected chi connectivity index (χ4v) is 4.49. The summed E-state index contributed by atoms with van der Waals surface area (Å²) >= 11 is 13.3. The molecule has 2 N–H and O–H groups in total. The first-order valence-electron chi connectivity index (χ1n) is 12.3. The second-order valence-corrected chi connectivity index (χ2v) is 11.5. The Morgan fingerprint density at radius 1 is 0.975 bits per heavy atom. The van der Waals surface area contributed by atoms with Crippen molar-refractivity contribution < 1.29 is 13.9 Å². The number of guanidine groups is 1. The average Bonchev–Trinajstić information content (AvgIpc) is 2.90. The van der Waals surface area contributed by atoms with E-state index in [1.165, 1.54) is 12.1 Å². The molecule has 0 atom stereocenters. The van der Waals surface area contributed by atoms with Gasteiger partial charge in [0.05, 0.1) is 12.2 Å². The highest BCUT2D eigenvalue weighted by Crippen LogP contribution is 2.32. The molecule has 206 valence electrons. The lowest BCUT2D eigenvalue weighted by molar-refractivity contribution is 0.0562. The van der Waals surface area contributed by atoms with Gasteiger partial charge in [-0.25, -0.2) is 14.2 Å². The standard InChI is InChI=1S/C30H27Cl2FN4O2S/c1-30(2,3)39-29(38)36-28(37-40-25-6-4-5-24(33)16-25)35-18-19-15-26(20-7-11-22(31)12-8-20)27(34-17-19)21-9-13-23(32)14-10-21/h4-17H,18H2,1-3H3,(H2,35,36,37,38). The molecule has 3 aromatic carbocycles. The van der Waals surface area contributed by atoms with Gasteiger partial charge in [-0.3, -0.25) is 15.0 Å². The molecule has 4 aromatic rings. The largest absolute Gasteiger partial charge is 0.444 e. The van der Waals surface area contributed by atoms with Crippen LogP contribution in [-0.4, -0.2) is 22.6 Å². The minimum Gasteiger partial charge on any atom is -0.444 e. The number of hydrogen-bond acceptors (Lipinski definition) is 5. The van der Waals surface area contributed by atoms with Crippen LogP contribution in [0.2, 0.25) is 10.0 Å². The fourth-order valence-electron chi connectivity index (χ4n) is 3.59. The van der Waals surface area contributed by atoms with Gasteiger partial charge in [-0.05, 0) is 92.4 Å². The van der Waals surface area contributed by atoms with Crippen LogP contribution < -0.4 is 10.0 Å². The predicted octanol–water partition coefficient (Wildman–Crippen LogP) is 8.54. The number of alkyl carbamates (subject to hydrolysis) is 1. The van der Waals surface area contributed by atoms with Crippen LogP contribution in [-0.2, 0) is 11.3 Å². The van der Waals surface area contributed by atoms with Gasteiger partial charge < -0.3 is 4.74 Å². The topological polar surface area (TPSA) is 75.6 Å². The van der Waals surface area contributed by atoms with Crippen LogP contribution in [0.4, 0.5) is 9.18 Å². The molecule has 0 spiro atoms. The summed E-state index contributed by atoms with van der Waals surface area (Å²) < 4.78 is 22.0. The van der Waals surface area contributed by atoms with Gasteiger partial charge in [0.2, 0.25) is 5.96 Å². The molecular weight excluding hydrogens is 570 g/mol. The molecule has 0 aliphatic rings. The van der Waals surface area contributed by atoms with Crippen LogP contribution in [0.1, 0.15) is 26.3 Å².